The van der Waals surface area contributed by atoms with Gasteiger partial charge in [0.05, 0.1) is 17.7 Å². The Kier molecular flexibility index (Phi) is 4.76. The van der Waals surface area contributed by atoms with Crippen molar-refractivity contribution in [1.82, 2.24) is 19.9 Å². The monoisotopic (exact) mass is 422 g/mol. The third-order valence-corrected chi connectivity index (χ3v) is 6.10. The number of aryl methyl sites for hydroxylation is 2. The summed E-state index contributed by atoms with van der Waals surface area (Å²) in [6, 6.07) is 9.13. The molecule has 1 fully saturated rings. The molecule has 4 rings (SSSR count). The van der Waals surface area contributed by atoms with Crippen molar-refractivity contribution in [1.29, 1.82) is 0 Å². The maximum absolute atomic E-state index is 13.2. The fourth-order valence-corrected chi connectivity index (χ4v) is 4.01. The molecule has 7 nitrogen and oxygen atoms in total. The van der Waals surface area contributed by atoms with E-state index < -0.39 is 22.0 Å². The molecule has 0 radical (unpaired) electrons. The van der Waals surface area contributed by atoms with Crippen molar-refractivity contribution in [3.8, 4) is 11.6 Å². The molecule has 1 aromatic carbocycles. The van der Waals surface area contributed by atoms with E-state index in [0.717, 1.165) is 36.3 Å². The average molecular weight is 422 g/mol. The Morgan fingerprint density at radius 2 is 2.00 bits per heavy atom. The van der Waals surface area contributed by atoms with E-state index >= 15 is 0 Å². The van der Waals surface area contributed by atoms with Crippen LogP contribution in [0.1, 0.15) is 41.9 Å². The zero-order valence-corrected chi connectivity index (χ0v) is 16.8. The highest BCUT2D eigenvalue weighted by molar-refractivity contribution is 7.90. The van der Waals surface area contributed by atoms with Crippen molar-refractivity contribution >= 4 is 9.84 Å². The summed E-state index contributed by atoms with van der Waals surface area (Å²) in [5, 5.41) is 7.94. The van der Waals surface area contributed by atoms with Crippen LogP contribution in [0.15, 0.2) is 34.9 Å². The number of rotatable bonds is 7. The van der Waals surface area contributed by atoms with Crippen LogP contribution >= 0.6 is 0 Å². The molecule has 0 bridgehead atoms. The van der Waals surface area contributed by atoms with Gasteiger partial charge >= 0.3 is 0 Å². The van der Waals surface area contributed by atoms with Gasteiger partial charge in [-0.1, -0.05) is 29.4 Å². The summed E-state index contributed by atoms with van der Waals surface area (Å²) in [4.78, 5) is 4.48. The summed E-state index contributed by atoms with van der Waals surface area (Å²) >= 11 is 0. The largest absolute Gasteiger partial charge is 0.332 e. The number of sulfone groups is 1. The van der Waals surface area contributed by atoms with E-state index in [1.54, 1.807) is 0 Å². The standard InChI is InChI=1S/C19H20F2N4O3S/c1-12-5-3-4-6-13(12)19(7-8-19)18-22-17(28-24-18)15-11-14(16(20)21)23-25(15)9-10-29(2,26)27/h3-6,11,16H,7-10H2,1-2H3. The first-order valence-electron chi connectivity index (χ1n) is 9.14. The van der Waals surface area contributed by atoms with Crippen LogP contribution in [0.3, 0.4) is 0 Å². The van der Waals surface area contributed by atoms with Crippen molar-refractivity contribution in [3.63, 3.8) is 0 Å². The fraction of sp³-hybridized carbons (Fsp3) is 0.421. The summed E-state index contributed by atoms with van der Waals surface area (Å²) < 4.78 is 55.9. The zero-order valence-electron chi connectivity index (χ0n) is 16.0. The van der Waals surface area contributed by atoms with E-state index in [2.05, 4.69) is 15.2 Å². The lowest BCUT2D eigenvalue weighted by Crippen LogP contribution is -2.14. The second-order valence-corrected chi connectivity index (χ2v) is 9.69. The molecule has 1 aliphatic carbocycles. The number of nitrogens with zero attached hydrogens (tertiary/aromatic N) is 4. The van der Waals surface area contributed by atoms with Gasteiger partial charge in [0, 0.05) is 6.26 Å². The first-order chi connectivity index (χ1) is 13.7. The minimum absolute atomic E-state index is 0.0489. The van der Waals surface area contributed by atoms with Gasteiger partial charge in [-0.3, -0.25) is 4.68 Å². The number of benzene rings is 1. The zero-order chi connectivity index (χ0) is 20.8. The molecule has 2 heterocycles. The molecule has 0 unspecified atom stereocenters. The molecule has 2 aromatic heterocycles. The van der Waals surface area contributed by atoms with Gasteiger partial charge in [-0.05, 0) is 37.0 Å². The predicted octanol–water partition coefficient (Wildman–Crippen LogP) is 3.30. The van der Waals surface area contributed by atoms with Crippen molar-refractivity contribution in [2.24, 2.45) is 0 Å². The van der Waals surface area contributed by atoms with E-state index in [-0.39, 0.29) is 29.3 Å². The van der Waals surface area contributed by atoms with E-state index in [9.17, 15) is 17.2 Å². The van der Waals surface area contributed by atoms with Gasteiger partial charge < -0.3 is 4.52 Å². The van der Waals surface area contributed by atoms with Crippen molar-refractivity contribution in [2.45, 2.75) is 38.2 Å². The highest BCUT2D eigenvalue weighted by Crippen LogP contribution is 2.53. The summed E-state index contributed by atoms with van der Waals surface area (Å²) in [6.07, 6.45) is 0.0183. The number of hydrogen-bond donors (Lipinski definition) is 0. The first-order valence-corrected chi connectivity index (χ1v) is 11.2. The summed E-state index contributed by atoms with van der Waals surface area (Å²) in [5.74, 6) is 0.308. The molecular weight excluding hydrogens is 402 g/mol. The Hall–Kier alpha value is -2.62. The van der Waals surface area contributed by atoms with E-state index in [1.807, 2.05) is 31.2 Å². The topological polar surface area (TPSA) is 90.9 Å². The Labute approximate surface area is 166 Å². The molecule has 1 aliphatic rings. The quantitative estimate of drug-likeness (QED) is 0.580. The second-order valence-electron chi connectivity index (χ2n) is 7.43. The van der Waals surface area contributed by atoms with E-state index in [0.29, 0.717) is 5.82 Å². The average Bonchev–Trinajstić information content (AvgIpc) is 3.12. The van der Waals surface area contributed by atoms with Crippen LogP contribution in [-0.4, -0.2) is 40.3 Å². The Balaban J connectivity index is 1.70. The number of hydrogen-bond acceptors (Lipinski definition) is 6. The van der Waals surface area contributed by atoms with Crippen molar-refractivity contribution < 1.29 is 21.7 Å². The highest BCUT2D eigenvalue weighted by atomic mass is 32.2. The van der Waals surface area contributed by atoms with Crippen molar-refractivity contribution in [3.05, 3.63) is 53.0 Å². The van der Waals surface area contributed by atoms with E-state index in [1.165, 1.54) is 4.68 Å². The molecular formula is C19H20F2N4O3S. The summed E-state index contributed by atoms with van der Waals surface area (Å²) in [5.41, 5.74) is 1.62. The van der Waals surface area contributed by atoms with Crippen LogP contribution in [0.4, 0.5) is 8.78 Å². The fourth-order valence-electron chi connectivity index (χ4n) is 3.51. The second kappa shape index (κ2) is 7.01. The smallest absolute Gasteiger partial charge is 0.282 e. The molecule has 0 saturated heterocycles. The molecule has 0 N–H and O–H groups in total. The van der Waals surface area contributed by atoms with Crippen LogP contribution < -0.4 is 0 Å². The van der Waals surface area contributed by atoms with Crippen molar-refractivity contribution in [2.75, 3.05) is 12.0 Å². The van der Waals surface area contributed by atoms with Gasteiger partial charge in [-0.15, -0.1) is 0 Å². The number of aromatic nitrogens is 4. The minimum Gasteiger partial charge on any atom is -0.332 e. The minimum atomic E-state index is -3.30. The van der Waals surface area contributed by atoms with Gasteiger partial charge in [0.2, 0.25) is 0 Å². The number of alkyl halides is 2. The lowest BCUT2D eigenvalue weighted by molar-refractivity contribution is 0.145. The molecule has 1 saturated carbocycles. The Bertz CT molecular complexity index is 1150. The lowest BCUT2D eigenvalue weighted by atomic mass is 9.91. The molecule has 0 aliphatic heterocycles. The van der Waals surface area contributed by atoms with Gasteiger partial charge in [0.15, 0.2) is 5.82 Å². The van der Waals surface area contributed by atoms with Gasteiger partial charge in [0.25, 0.3) is 12.3 Å². The predicted molar refractivity (Wildman–Crippen MR) is 101 cm³/mol. The summed E-state index contributed by atoms with van der Waals surface area (Å²) in [7, 11) is -3.30. The SMILES string of the molecule is Cc1ccccc1C1(c2noc(-c3cc(C(F)F)nn3CCS(C)(=O)=O)n2)CC1. The van der Waals surface area contributed by atoms with Gasteiger partial charge in [-0.25, -0.2) is 17.2 Å². The van der Waals surface area contributed by atoms with Crippen LogP contribution in [-0.2, 0) is 21.8 Å². The van der Waals surface area contributed by atoms with Crippen LogP contribution in [0.25, 0.3) is 11.6 Å². The van der Waals surface area contributed by atoms with Crippen LogP contribution in [0.5, 0.6) is 0 Å². The maximum atomic E-state index is 13.2. The van der Waals surface area contributed by atoms with E-state index in [4.69, 9.17) is 4.52 Å². The van der Waals surface area contributed by atoms with Gasteiger partial charge in [-0.2, -0.15) is 10.1 Å². The lowest BCUT2D eigenvalue weighted by Gasteiger charge is -2.13. The maximum Gasteiger partial charge on any atom is 0.282 e. The molecule has 0 amide bonds. The molecule has 10 heteroatoms. The molecule has 3 aromatic rings. The molecule has 0 spiro atoms. The highest BCUT2D eigenvalue weighted by Gasteiger charge is 2.50. The summed E-state index contributed by atoms with van der Waals surface area (Å²) in [6.45, 7) is 1.94. The first kappa shape index (κ1) is 19.7. The Morgan fingerprint density at radius 3 is 2.62 bits per heavy atom. The molecule has 0 atom stereocenters. The molecule has 29 heavy (non-hydrogen) atoms. The molecule has 154 valence electrons. The Morgan fingerprint density at radius 1 is 1.28 bits per heavy atom. The van der Waals surface area contributed by atoms with Crippen LogP contribution in [0.2, 0.25) is 0 Å². The number of halogens is 2. The third kappa shape index (κ3) is 3.81. The van der Waals surface area contributed by atoms with Crippen LogP contribution in [0, 0.1) is 6.92 Å². The van der Waals surface area contributed by atoms with Gasteiger partial charge in [0.1, 0.15) is 21.2 Å². The third-order valence-electron chi connectivity index (χ3n) is 5.18. The normalized spacial score (nSPS) is 15.8.